The average molecular weight is 445 g/mol. The van der Waals surface area contributed by atoms with Crippen LogP contribution in [0.4, 0.5) is 0 Å². The summed E-state index contributed by atoms with van der Waals surface area (Å²) in [5.41, 5.74) is -0.142. The fourth-order valence-corrected chi connectivity index (χ4v) is 3.73. The van der Waals surface area contributed by atoms with Crippen LogP contribution in [0.1, 0.15) is 32.3 Å². The van der Waals surface area contributed by atoms with Gasteiger partial charge in [-0.15, -0.1) is 0 Å². The smallest absolute Gasteiger partial charge is 0.263 e. The maximum atomic E-state index is 12.8. The van der Waals surface area contributed by atoms with E-state index in [-0.39, 0.29) is 17.9 Å². The number of rotatable bonds is 7. The highest BCUT2D eigenvalue weighted by Crippen LogP contribution is 2.23. The number of methoxy groups -OCH3 is 1. The number of likely N-dealkylation sites (tertiary alicyclic amines) is 1. The van der Waals surface area contributed by atoms with Crippen molar-refractivity contribution >= 4 is 23.4 Å². The van der Waals surface area contributed by atoms with Crippen LogP contribution >= 0.6 is 11.6 Å². The lowest BCUT2D eigenvalue weighted by Gasteiger charge is -2.34. The number of nitrogens with zero attached hydrogens (tertiary/aromatic N) is 1. The number of amides is 2. The Morgan fingerprint density at radius 1 is 1.10 bits per heavy atom. The first-order valence-corrected chi connectivity index (χ1v) is 10.8. The standard InChI is InChI=1S/C24H29ClN2O4/c1-24(2,31-20-10-8-18(25)9-11-20)23(29)26-19-12-14-27(15-13-19)22(28)16-17-6-4-5-7-21(17)30-3/h4-11,19H,12-16H2,1-3H3,(H,26,29). The van der Waals surface area contributed by atoms with Gasteiger partial charge in [0.15, 0.2) is 5.60 Å². The summed E-state index contributed by atoms with van der Waals surface area (Å²) in [7, 11) is 1.61. The Hall–Kier alpha value is -2.73. The van der Waals surface area contributed by atoms with E-state index in [2.05, 4.69) is 5.32 Å². The molecule has 31 heavy (non-hydrogen) atoms. The fourth-order valence-electron chi connectivity index (χ4n) is 3.60. The molecule has 0 atom stereocenters. The Morgan fingerprint density at radius 2 is 1.74 bits per heavy atom. The van der Waals surface area contributed by atoms with Gasteiger partial charge in [-0.05, 0) is 57.0 Å². The SMILES string of the molecule is COc1ccccc1CC(=O)N1CCC(NC(=O)C(C)(C)Oc2ccc(Cl)cc2)CC1. The van der Waals surface area contributed by atoms with Crippen molar-refractivity contribution in [1.82, 2.24) is 10.2 Å². The summed E-state index contributed by atoms with van der Waals surface area (Å²) in [4.78, 5) is 27.3. The van der Waals surface area contributed by atoms with Crippen LogP contribution in [0.15, 0.2) is 48.5 Å². The molecule has 2 aromatic rings. The molecule has 0 aromatic heterocycles. The first-order valence-electron chi connectivity index (χ1n) is 10.4. The molecule has 0 saturated carbocycles. The molecule has 0 radical (unpaired) electrons. The molecule has 0 spiro atoms. The predicted molar refractivity (Wildman–Crippen MR) is 121 cm³/mol. The molecule has 1 aliphatic rings. The van der Waals surface area contributed by atoms with Crippen molar-refractivity contribution in [3.8, 4) is 11.5 Å². The van der Waals surface area contributed by atoms with E-state index in [1.807, 2.05) is 29.2 Å². The van der Waals surface area contributed by atoms with Crippen LogP contribution in [0.3, 0.4) is 0 Å². The highest BCUT2D eigenvalue weighted by Gasteiger charge is 2.33. The van der Waals surface area contributed by atoms with E-state index in [0.29, 0.717) is 43.1 Å². The first-order chi connectivity index (χ1) is 14.8. The highest BCUT2D eigenvalue weighted by atomic mass is 35.5. The van der Waals surface area contributed by atoms with Gasteiger partial charge in [0.25, 0.3) is 5.91 Å². The number of hydrogen-bond donors (Lipinski definition) is 1. The van der Waals surface area contributed by atoms with Gasteiger partial charge < -0.3 is 19.7 Å². The lowest BCUT2D eigenvalue weighted by molar-refractivity contribution is -0.135. The van der Waals surface area contributed by atoms with Crippen molar-refractivity contribution in [3.05, 3.63) is 59.1 Å². The Kier molecular flexibility index (Phi) is 7.44. The van der Waals surface area contributed by atoms with Gasteiger partial charge in [-0.1, -0.05) is 29.8 Å². The average Bonchev–Trinajstić information content (AvgIpc) is 2.76. The minimum atomic E-state index is -1.02. The second-order valence-electron chi connectivity index (χ2n) is 8.18. The molecule has 1 heterocycles. The molecule has 2 amide bonds. The summed E-state index contributed by atoms with van der Waals surface area (Å²) >= 11 is 5.90. The monoisotopic (exact) mass is 444 g/mol. The number of nitrogens with one attached hydrogen (secondary N) is 1. The molecular weight excluding hydrogens is 416 g/mol. The second kappa shape index (κ2) is 10.1. The minimum absolute atomic E-state index is 0.0101. The Morgan fingerprint density at radius 3 is 2.39 bits per heavy atom. The molecule has 1 saturated heterocycles. The molecular formula is C24H29ClN2O4. The molecule has 0 aliphatic carbocycles. The summed E-state index contributed by atoms with van der Waals surface area (Å²) in [6, 6.07) is 14.5. The zero-order valence-corrected chi connectivity index (χ0v) is 18.9. The largest absolute Gasteiger partial charge is 0.496 e. The summed E-state index contributed by atoms with van der Waals surface area (Å²) in [5, 5.41) is 3.68. The molecule has 2 aromatic carbocycles. The van der Waals surface area contributed by atoms with Gasteiger partial charge in [-0.25, -0.2) is 0 Å². The normalized spacial score (nSPS) is 14.8. The van der Waals surface area contributed by atoms with Gasteiger partial charge in [0, 0.05) is 29.7 Å². The van der Waals surface area contributed by atoms with Gasteiger partial charge in [0.05, 0.1) is 13.5 Å². The van der Waals surface area contributed by atoms with Crippen molar-refractivity contribution in [2.75, 3.05) is 20.2 Å². The van der Waals surface area contributed by atoms with Crippen molar-refractivity contribution < 1.29 is 19.1 Å². The molecule has 7 heteroatoms. The maximum Gasteiger partial charge on any atom is 0.263 e. The van der Waals surface area contributed by atoms with Crippen LogP contribution < -0.4 is 14.8 Å². The number of carbonyl (C=O) groups excluding carboxylic acids is 2. The number of para-hydroxylation sites is 1. The number of halogens is 1. The second-order valence-corrected chi connectivity index (χ2v) is 8.62. The van der Waals surface area contributed by atoms with Crippen LogP contribution in [-0.2, 0) is 16.0 Å². The number of ether oxygens (including phenoxy) is 2. The van der Waals surface area contributed by atoms with Gasteiger partial charge in [-0.2, -0.15) is 0 Å². The van der Waals surface area contributed by atoms with Crippen LogP contribution in [0, 0.1) is 0 Å². The third-order valence-corrected chi connectivity index (χ3v) is 5.70. The van der Waals surface area contributed by atoms with Crippen molar-refractivity contribution in [3.63, 3.8) is 0 Å². The van der Waals surface area contributed by atoms with Crippen LogP contribution in [0.25, 0.3) is 0 Å². The van der Waals surface area contributed by atoms with E-state index in [9.17, 15) is 9.59 Å². The molecule has 0 bridgehead atoms. The Bertz CT molecular complexity index is 906. The van der Waals surface area contributed by atoms with Crippen LogP contribution in [-0.4, -0.2) is 48.6 Å². The van der Waals surface area contributed by atoms with Gasteiger partial charge >= 0.3 is 0 Å². The molecule has 3 rings (SSSR count). The number of benzene rings is 2. The Labute approximate surface area is 188 Å². The Balaban J connectivity index is 1.49. The molecule has 1 N–H and O–H groups in total. The molecule has 6 nitrogen and oxygen atoms in total. The quantitative estimate of drug-likeness (QED) is 0.704. The summed E-state index contributed by atoms with van der Waals surface area (Å²) in [6.07, 6.45) is 1.73. The van der Waals surface area contributed by atoms with E-state index in [1.54, 1.807) is 45.2 Å². The van der Waals surface area contributed by atoms with Gasteiger partial charge in [0.1, 0.15) is 11.5 Å². The first kappa shape index (κ1) is 22.9. The van der Waals surface area contributed by atoms with Crippen molar-refractivity contribution in [1.29, 1.82) is 0 Å². The predicted octanol–water partition coefficient (Wildman–Crippen LogP) is 3.86. The van der Waals surface area contributed by atoms with E-state index in [1.165, 1.54) is 0 Å². The molecule has 1 aliphatic heterocycles. The summed E-state index contributed by atoms with van der Waals surface area (Å²) in [5.74, 6) is 1.20. The van der Waals surface area contributed by atoms with Gasteiger partial charge in [0.2, 0.25) is 5.91 Å². The van der Waals surface area contributed by atoms with E-state index in [4.69, 9.17) is 21.1 Å². The molecule has 1 fully saturated rings. The third-order valence-electron chi connectivity index (χ3n) is 5.45. The number of piperidine rings is 1. The zero-order chi connectivity index (χ0) is 22.4. The van der Waals surface area contributed by atoms with Crippen molar-refractivity contribution in [2.45, 2.75) is 44.8 Å². The fraction of sp³-hybridized carbons (Fsp3) is 0.417. The van der Waals surface area contributed by atoms with Crippen LogP contribution in [0.2, 0.25) is 5.02 Å². The topological polar surface area (TPSA) is 67.9 Å². The van der Waals surface area contributed by atoms with Gasteiger partial charge in [-0.3, -0.25) is 9.59 Å². The molecule has 166 valence electrons. The summed E-state index contributed by atoms with van der Waals surface area (Å²) < 4.78 is 11.2. The molecule has 0 unspecified atom stereocenters. The van der Waals surface area contributed by atoms with Crippen LogP contribution in [0.5, 0.6) is 11.5 Å². The minimum Gasteiger partial charge on any atom is -0.496 e. The van der Waals surface area contributed by atoms with E-state index < -0.39 is 5.60 Å². The van der Waals surface area contributed by atoms with E-state index >= 15 is 0 Å². The van der Waals surface area contributed by atoms with E-state index in [0.717, 1.165) is 11.3 Å². The number of hydrogen-bond acceptors (Lipinski definition) is 4. The maximum absolute atomic E-state index is 12.8. The lowest BCUT2D eigenvalue weighted by Crippen LogP contribution is -2.53. The number of carbonyl (C=O) groups is 2. The zero-order valence-electron chi connectivity index (χ0n) is 18.2. The lowest BCUT2D eigenvalue weighted by atomic mass is 10.0. The highest BCUT2D eigenvalue weighted by molar-refractivity contribution is 6.30. The third kappa shape index (κ3) is 6.14. The summed E-state index contributed by atoms with van der Waals surface area (Å²) in [6.45, 7) is 4.69. The van der Waals surface area contributed by atoms with Crippen molar-refractivity contribution in [2.24, 2.45) is 0 Å².